The number of nitrogens with zero attached hydrogens (tertiary/aromatic N) is 2. The lowest BCUT2D eigenvalue weighted by Gasteiger charge is -2.36. The number of aromatic nitrogens is 2. The highest BCUT2D eigenvalue weighted by Gasteiger charge is 2.55. The zero-order chi connectivity index (χ0) is 30.6. The SMILES string of the molecule is COc1ccccc1C#CC1Nc2cccc(Cc3cnc(N)nc3N)c2C(=O)C1(C#Cc1ccccc1OC)C(=O)O.Cl. The predicted octanol–water partition coefficient (Wildman–Crippen LogP) is 3.82. The summed E-state index contributed by atoms with van der Waals surface area (Å²) in [6, 6.07) is 17.9. The molecular weight excluding hydrogens is 582 g/mol. The number of ketones is 1. The molecular formula is C33H28ClN5O5. The van der Waals surface area contributed by atoms with E-state index in [-0.39, 0.29) is 36.2 Å². The minimum absolute atomic E-state index is 0. The van der Waals surface area contributed by atoms with Gasteiger partial charge in [-0.05, 0) is 35.9 Å². The number of carboxylic acids is 1. The van der Waals surface area contributed by atoms with Crippen LogP contribution in [0.25, 0.3) is 0 Å². The summed E-state index contributed by atoms with van der Waals surface area (Å²) in [5.41, 5.74) is 12.0. The highest BCUT2D eigenvalue weighted by molar-refractivity contribution is 6.20. The van der Waals surface area contributed by atoms with Crippen LogP contribution in [0.5, 0.6) is 11.5 Å². The number of aliphatic carboxylic acids is 1. The molecule has 44 heavy (non-hydrogen) atoms. The number of para-hydroxylation sites is 2. The van der Waals surface area contributed by atoms with E-state index in [1.54, 1.807) is 66.7 Å². The summed E-state index contributed by atoms with van der Waals surface area (Å²) in [5, 5.41) is 14.0. The fourth-order valence-electron chi connectivity index (χ4n) is 4.86. The molecule has 4 aromatic rings. The second-order valence-corrected chi connectivity index (χ2v) is 9.59. The Morgan fingerprint density at radius 1 is 0.955 bits per heavy atom. The summed E-state index contributed by atoms with van der Waals surface area (Å²) in [4.78, 5) is 35.8. The summed E-state index contributed by atoms with van der Waals surface area (Å²) in [6.45, 7) is 0. The van der Waals surface area contributed by atoms with E-state index in [1.807, 2.05) is 0 Å². The molecule has 0 saturated carbocycles. The van der Waals surface area contributed by atoms with Crippen molar-refractivity contribution in [1.29, 1.82) is 0 Å². The molecule has 222 valence electrons. The van der Waals surface area contributed by atoms with Gasteiger partial charge in [-0.25, -0.2) is 9.78 Å². The summed E-state index contributed by atoms with van der Waals surface area (Å²) < 4.78 is 10.8. The summed E-state index contributed by atoms with van der Waals surface area (Å²) in [7, 11) is 3.00. The number of halogens is 1. The summed E-state index contributed by atoms with van der Waals surface area (Å²) in [6.07, 6.45) is 1.63. The Kier molecular flexibility index (Phi) is 9.28. The standard InChI is InChI=1S/C33H27N5O5.ClH/c1-42-25-12-5-3-8-20(25)14-15-27-33(31(40)41,17-16-21-9-4-6-13-26(21)43-2)29(39)28-22(10-7-11-24(28)37-27)18-23-19-36-32(35)38-30(23)34;/h3-13,19,27,37H,18H2,1-2H3,(H,40,41)(H4,34,35,36,38);1H. The molecule has 0 radical (unpaired) electrons. The molecule has 0 spiro atoms. The van der Waals surface area contributed by atoms with Crippen molar-refractivity contribution in [3.63, 3.8) is 0 Å². The van der Waals surface area contributed by atoms with Gasteiger partial charge in [0, 0.05) is 29.4 Å². The smallest absolute Gasteiger partial charge is 0.333 e. The molecule has 1 aliphatic rings. The maximum Gasteiger partial charge on any atom is 0.333 e. The number of carbonyl (C=O) groups is 2. The molecule has 11 heteroatoms. The number of carbonyl (C=O) groups excluding carboxylic acids is 1. The number of methoxy groups -OCH3 is 2. The Labute approximate surface area is 260 Å². The molecule has 1 aromatic heterocycles. The Hall–Kier alpha value is -5.71. The Balaban J connectivity index is 0.00000442. The number of hydrogen-bond acceptors (Lipinski definition) is 9. The average molecular weight is 610 g/mol. The number of anilines is 3. The van der Waals surface area contributed by atoms with Crippen LogP contribution in [0.3, 0.4) is 0 Å². The van der Waals surface area contributed by atoms with E-state index in [2.05, 4.69) is 39.0 Å². The molecule has 0 aliphatic carbocycles. The monoisotopic (exact) mass is 609 g/mol. The molecule has 2 unspecified atom stereocenters. The molecule has 5 rings (SSSR count). The fraction of sp³-hybridized carbons (Fsp3) is 0.152. The van der Waals surface area contributed by atoms with Crippen LogP contribution < -0.4 is 26.3 Å². The van der Waals surface area contributed by atoms with E-state index in [9.17, 15) is 14.7 Å². The first-order valence-electron chi connectivity index (χ1n) is 13.1. The molecule has 10 nitrogen and oxygen atoms in total. The Morgan fingerprint density at radius 2 is 1.59 bits per heavy atom. The minimum Gasteiger partial charge on any atom is -0.495 e. The predicted molar refractivity (Wildman–Crippen MR) is 169 cm³/mol. The number of ether oxygens (including phenoxy) is 2. The van der Waals surface area contributed by atoms with Crippen LogP contribution in [-0.2, 0) is 11.2 Å². The number of nitrogens with one attached hydrogen (secondary N) is 1. The highest BCUT2D eigenvalue weighted by Crippen LogP contribution is 2.40. The van der Waals surface area contributed by atoms with E-state index in [0.29, 0.717) is 39.4 Å². The molecule has 1 aliphatic heterocycles. The summed E-state index contributed by atoms with van der Waals surface area (Å²) in [5.74, 6) is 10.6. The van der Waals surface area contributed by atoms with Crippen LogP contribution in [0.1, 0.15) is 32.6 Å². The van der Waals surface area contributed by atoms with Crippen molar-refractivity contribution < 1.29 is 24.2 Å². The van der Waals surface area contributed by atoms with Crippen LogP contribution >= 0.6 is 12.4 Å². The number of carboxylic acid groups (broad SMARTS) is 1. The number of nitrogens with two attached hydrogens (primary N) is 2. The van der Waals surface area contributed by atoms with Gasteiger partial charge in [-0.3, -0.25) is 4.79 Å². The first-order valence-corrected chi connectivity index (χ1v) is 13.1. The molecule has 2 heterocycles. The normalized spacial score (nSPS) is 16.4. The number of rotatable bonds is 5. The third kappa shape index (κ3) is 5.80. The number of nitrogen functional groups attached to an aromatic ring is 2. The van der Waals surface area contributed by atoms with Crippen molar-refractivity contribution in [2.45, 2.75) is 12.5 Å². The van der Waals surface area contributed by atoms with Crippen molar-refractivity contribution >= 4 is 41.6 Å². The quantitative estimate of drug-likeness (QED) is 0.193. The topological polar surface area (TPSA) is 163 Å². The van der Waals surface area contributed by atoms with Gasteiger partial charge in [0.2, 0.25) is 11.4 Å². The molecule has 0 saturated heterocycles. The molecule has 0 bridgehead atoms. The van der Waals surface area contributed by atoms with Crippen LogP contribution in [0.15, 0.2) is 72.9 Å². The number of benzene rings is 3. The third-order valence-electron chi connectivity index (χ3n) is 7.06. The van der Waals surface area contributed by atoms with Gasteiger partial charge in [0.15, 0.2) is 5.78 Å². The van der Waals surface area contributed by atoms with Gasteiger partial charge in [0.25, 0.3) is 0 Å². The van der Waals surface area contributed by atoms with E-state index in [1.165, 1.54) is 20.4 Å². The molecule has 3 aromatic carbocycles. The maximum atomic E-state index is 14.5. The molecule has 0 fully saturated rings. The maximum absolute atomic E-state index is 14.5. The van der Waals surface area contributed by atoms with Crippen molar-refractivity contribution in [1.82, 2.24) is 9.97 Å². The van der Waals surface area contributed by atoms with Gasteiger partial charge in [-0.2, -0.15) is 4.98 Å². The van der Waals surface area contributed by atoms with Crippen LogP contribution in [0, 0.1) is 29.1 Å². The van der Waals surface area contributed by atoms with E-state index >= 15 is 0 Å². The van der Waals surface area contributed by atoms with E-state index in [4.69, 9.17) is 20.9 Å². The van der Waals surface area contributed by atoms with Crippen molar-refractivity contribution in [3.8, 4) is 35.2 Å². The third-order valence-corrected chi connectivity index (χ3v) is 7.06. The van der Waals surface area contributed by atoms with Crippen molar-refractivity contribution in [3.05, 3.63) is 101 Å². The molecule has 6 N–H and O–H groups in total. The first kappa shape index (κ1) is 31.2. The van der Waals surface area contributed by atoms with Crippen LogP contribution in [0.2, 0.25) is 0 Å². The van der Waals surface area contributed by atoms with Crippen molar-refractivity contribution in [2.24, 2.45) is 5.41 Å². The number of Topliss-reactive ketones (excluding diaryl/α,β-unsaturated/α-hetero) is 1. The molecule has 0 amide bonds. The van der Waals surface area contributed by atoms with Gasteiger partial charge in [-0.15, -0.1) is 12.4 Å². The zero-order valence-corrected chi connectivity index (χ0v) is 24.6. The Morgan fingerprint density at radius 3 is 2.20 bits per heavy atom. The largest absolute Gasteiger partial charge is 0.495 e. The first-order chi connectivity index (χ1) is 20.8. The number of hydrogen-bond donors (Lipinski definition) is 4. The second-order valence-electron chi connectivity index (χ2n) is 9.59. The summed E-state index contributed by atoms with van der Waals surface area (Å²) >= 11 is 0. The average Bonchev–Trinajstić information content (AvgIpc) is 3.01. The fourth-order valence-corrected chi connectivity index (χ4v) is 4.86. The second kappa shape index (κ2) is 13.1. The van der Waals surface area contributed by atoms with E-state index < -0.39 is 23.2 Å². The minimum atomic E-state index is -2.30. The zero-order valence-electron chi connectivity index (χ0n) is 23.8. The van der Waals surface area contributed by atoms with Crippen LogP contribution in [-0.4, -0.2) is 47.1 Å². The van der Waals surface area contributed by atoms with Gasteiger partial charge in [-0.1, -0.05) is 60.1 Å². The van der Waals surface area contributed by atoms with Gasteiger partial charge in [0.1, 0.15) is 23.4 Å². The highest BCUT2D eigenvalue weighted by atomic mass is 35.5. The van der Waals surface area contributed by atoms with Gasteiger partial charge < -0.3 is 31.4 Å². The lowest BCUT2D eigenvalue weighted by Crippen LogP contribution is -2.54. The van der Waals surface area contributed by atoms with E-state index in [0.717, 1.165) is 0 Å². The lowest BCUT2D eigenvalue weighted by atomic mass is 9.70. The lowest BCUT2D eigenvalue weighted by molar-refractivity contribution is -0.143. The van der Waals surface area contributed by atoms with Gasteiger partial charge in [0.05, 0.1) is 25.3 Å². The Bertz CT molecular complexity index is 1870. The van der Waals surface area contributed by atoms with Gasteiger partial charge >= 0.3 is 5.97 Å². The van der Waals surface area contributed by atoms with Crippen molar-refractivity contribution in [2.75, 3.05) is 31.0 Å². The molecule has 2 atom stereocenters. The number of fused-ring (bicyclic) bond motifs is 1. The van der Waals surface area contributed by atoms with Crippen LogP contribution in [0.4, 0.5) is 17.5 Å².